The molecule has 0 aliphatic rings. The first-order valence-electron chi connectivity index (χ1n) is 7.16. The number of nitrogens with zero attached hydrogens (tertiary/aromatic N) is 1. The molecule has 1 aromatic rings. The maximum absolute atomic E-state index is 9.35. The molecule has 0 amide bonds. The molecule has 0 unspecified atom stereocenters. The molecular formula is C15H25NO3Si. The van der Waals surface area contributed by atoms with Gasteiger partial charge in [0.15, 0.2) is 0 Å². The van der Waals surface area contributed by atoms with Gasteiger partial charge in [0.05, 0.1) is 0 Å². The Morgan fingerprint density at radius 2 is 1.95 bits per heavy atom. The standard InChI is InChI=1S/C15H25NO3Si/c1-4-18-20(3,19-5-2)11-7-10-16-13-14-8-6-9-15(17)12-14/h6,8-9,12-13,17H,4-5,7,10-11H2,1-3H3. The molecule has 0 heterocycles. The Bertz CT molecular complexity index is 417. The molecule has 4 nitrogen and oxygen atoms in total. The minimum Gasteiger partial charge on any atom is -0.508 e. The van der Waals surface area contributed by atoms with Gasteiger partial charge in [0.25, 0.3) is 0 Å². The summed E-state index contributed by atoms with van der Waals surface area (Å²) >= 11 is 0. The fourth-order valence-corrected chi connectivity index (χ4v) is 4.46. The van der Waals surface area contributed by atoms with E-state index in [2.05, 4.69) is 11.5 Å². The third-order valence-corrected chi connectivity index (χ3v) is 5.99. The second kappa shape index (κ2) is 8.89. The summed E-state index contributed by atoms with van der Waals surface area (Å²) in [5, 5.41) is 9.35. The predicted octanol–water partition coefficient (Wildman–Crippen LogP) is 3.35. The van der Waals surface area contributed by atoms with Crippen molar-refractivity contribution in [1.82, 2.24) is 0 Å². The van der Waals surface area contributed by atoms with Crippen LogP contribution < -0.4 is 0 Å². The molecule has 0 radical (unpaired) electrons. The second-order valence-corrected chi connectivity index (χ2v) is 8.08. The molecule has 0 aromatic heterocycles. The molecule has 5 heteroatoms. The molecule has 20 heavy (non-hydrogen) atoms. The van der Waals surface area contributed by atoms with Gasteiger partial charge in [0.1, 0.15) is 5.75 Å². The van der Waals surface area contributed by atoms with Crippen molar-refractivity contribution in [3.05, 3.63) is 29.8 Å². The van der Waals surface area contributed by atoms with Gasteiger partial charge < -0.3 is 14.0 Å². The summed E-state index contributed by atoms with van der Waals surface area (Å²) in [4.78, 5) is 4.38. The first-order valence-corrected chi connectivity index (χ1v) is 9.69. The smallest absolute Gasteiger partial charge is 0.334 e. The summed E-state index contributed by atoms with van der Waals surface area (Å²) in [7, 11) is -2.00. The first kappa shape index (κ1) is 16.9. The summed E-state index contributed by atoms with van der Waals surface area (Å²) < 4.78 is 11.6. The van der Waals surface area contributed by atoms with E-state index in [0.717, 1.165) is 24.6 Å². The Balaban J connectivity index is 2.36. The van der Waals surface area contributed by atoms with Gasteiger partial charge in [-0.3, -0.25) is 4.99 Å². The lowest BCUT2D eigenvalue weighted by Crippen LogP contribution is -2.38. The van der Waals surface area contributed by atoms with Crippen LogP contribution in [0, 0.1) is 0 Å². The molecule has 0 bridgehead atoms. The molecule has 0 fully saturated rings. The lowest BCUT2D eigenvalue weighted by atomic mass is 10.2. The maximum atomic E-state index is 9.35. The minimum absolute atomic E-state index is 0.265. The fraction of sp³-hybridized carbons (Fsp3) is 0.533. The van der Waals surface area contributed by atoms with Crippen LogP contribution in [0.15, 0.2) is 29.3 Å². The molecule has 0 saturated carbocycles. The highest BCUT2D eigenvalue weighted by molar-refractivity contribution is 6.66. The summed E-state index contributed by atoms with van der Waals surface area (Å²) in [6.45, 7) is 8.27. The Morgan fingerprint density at radius 3 is 2.55 bits per heavy atom. The number of aliphatic imine (C=N–C) groups is 1. The van der Waals surface area contributed by atoms with Crippen molar-refractivity contribution in [2.75, 3.05) is 19.8 Å². The molecule has 0 atom stereocenters. The van der Waals surface area contributed by atoms with E-state index in [4.69, 9.17) is 8.85 Å². The number of hydrogen-bond donors (Lipinski definition) is 1. The van der Waals surface area contributed by atoms with Gasteiger partial charge >= 0.3 is 8.56 Å². The van der Waals surface area contributed by atoms with E-state index in [1.165, 1.54) is 0 Å². The third kappa shape index (κ3) is 6.32. The topological polar surface area (TPSA) is 51.0 Å². The average molecular weight is 295 g/mol. The van der Waals surface area contributed by atoms with Crippen molar-refractivity contribution in [3.8, 4) is 5.75 Å². The van der Waals surface area contributed by atoms with Crippen LogP contribution in [-0.2, 0) is 8.85 Å². The number of hydrogen-bond acceptors (Lipinski definition) is 4. The highest BCUT2D eigenvalue weighted by Crippen LogP contribution is 2.16. The molecule has 0 spiro atoms. The number of benzene rings is 1. The normalized spacial score (nSPS) is 12.2. The van der Waals surface area contributed by atoms with E-state index in [0.29, 0.717) is 13.2 Å². The third-order valence-electron chi connectivity index (χ3n) is 2.93. The van der Waals surface area contributed by atoms with Crippen molar-refractivity contribution in [3.63, 3.8) is 0 Å². The average Bonchev–Trinajstić information content (AvgIpc) is 2.39. The monoisotopic (exact) mass is 295 g/mol. The zero-order valence-electron chi connectivity index (χ0n) is 12.6. The predicted molar refractivity (Wildman–Crippen MR) is 84.9 cm³/mol. The van der Waals surface area contributed by atoms with E-state index in [1.807, 2.05) is 26.0 Å². The van der Waals surface area contributed by atoms with Gasteiger partial charge in [-0.2, -0.15) is 0 Å². The highest BCUT2D eigenvalue weighted by atomic mass is 28.4. The quantitative estimate of drug-likeness (QED) is 0.432. The van der Waals surface area contributed by atoms with Gasteiger partial charge in [-0.25, -0.2) is 0 Å². The number of aromatic hydroxyl groups is 1. The van der Waals surface area contributed by atoms with E-state index in [-0.39, 0.29) is 5.75 Å². The van der Waals surface area contributed by atoms with E-state index >= 15 is 0 Å². The van der Waals surface area contributed by atoms with Gasteiger partial charge in [0.2, 0.25) is 0 Å². The van der Waals surface area contributed by atoms with Crippen molar-refractivity contribution < 1.29 is 14.0 Å². The Hall–Kier alpha value is -1.17. The zero-order valence-corrected chi connectivity index (χ0v) is 13.6. The van der Waals surface area contributed by atoms with Gasteiger partial charge in [0, 0.05) is 26.0 Å². The summed E-state index contributed by atoms with van der Waals surface area (Å²) in [5.74, 6) is 0.265. The fourth-order valence-electron chi connectivity index (χ4n) is 2.06. The molecule has 1 rings (SSSR count). The lowest BCUT2D eigenvalue weighted by Gasteiger charge is -2.25. The van der Waals surface area contributed by atoms with Crippen LogP contribution >= 0.6 is 0 Å². The summed E-state index contributed by atoms with van der Waals surface area (Å²) in [6, 6.07) is 8.03. The van der Waals surface area contributed by atoms with E-state index in [1.54, 1.807) is 18.3 Å². The van der Waals surface area contributed by atoms with Crippen LogP contribution in [0.25, 0.3) is 0 Å². The molecular weight excluding hydrogens is 270 g/mol. The second-order valence-electron chi connectivity index (χ2n) is 4.73. The van der Waals surface area contributed by atoms with Gasteiger partial charge in [-0.1, -0.05) is 12.1 Å². The zero-order chi connectivity index (χ0) is 14.8. The largest absolute Gasteiger partial charge is 0.508 e. The van der Waals surface area contributed by atoms with Crippen LogP contribution in [-0.4, -0.2) is 39.6 Å². The summed E-state index contributed by atoms with van der Waals surface area (Å²) in [5.41, 5.74) is 0.916. The van der Waals surface area contributed by atoms with Gasteiger partial charge in [-0.15, -0.1) is 0 Å². The molecule has 0 aliphatic heterocycles. The van der Waals surface area contributed by atoms with E-state index in [9.17, 15) is 5.11 Å². The molecule has 1 aromatic carbocycles. The highest BCUT2D eigenvalue weighted by Gasteiger charge is 2.29. The van der Waals surface area contributed by atoms with Crippen molar-refractivity contribution in [2.24, 2.45) is 4.99 Å². The minimum atomic E-state index is -2.00. The molecule has 112 valence electrons. The maximum Gasteiger partial charge on any atom is 0.334 e. The molecule has 0 saturated heterocycles. The van der Waals surface area contributed by atoms with Crippen molar-refractivity contribution in [1.29, 1.82) is 0 Å². The number of phenols is 1. The van der Waals surface area contributed by atoms with Crippen LogP contribution in [0.5, 0.6) is 5.75 Å². The lowest BCUT2D eigenvalue weighted by molar-refractivity contribution is 0.188. The Labute approximate surface area is 122 Å². The Morgan fingerprint density at radius 1 is 1.25 bits per heavy atom. The van der Waals surface area contributed by atoms with Crippen LogP contribution in [0.4, 0.5) is 0 Å². The summed E-state index contributed by atoms with van der Waals surface area (Å²) in [6.07, 6.45) is 2.75. The molecule has 0 aliphatic carbocycles. The number of phenolic OH excluding ortho intramolecular Hbond substituents is 1. The van der Waals surface area contributed by atoms with Crippen LogP contribution in [0.1, 0.15) is 25.8 Å². The molecule has 1 N–H and O–H groups in total. The first-order chi connectivity index (χ1) is 9.59. The van der Waals surface area contributed by atoms with Gasteiger partial charge in [-0.05, 0) is 50.6 Å². The van der Waals surface area contributed by atoms with Crippen molar-refractivity contribution >= 4 is 14.8 Å². The SMILES string of the molecule is CCO[Si](C)(CCCN=Cc1cccc(O)c1)OCC. The Kier molecular flexibility index (Phi) is 7.50. The van der Waals surface area contributed by atoms with Crippen molar-refractivity contribution in [2.45, 2.75) is 32.9 Å². The van der Waals surface area contributed by atoms with E-state index < -0.39 is 8.56 Å². The van der Waals surface area contributed by atoms with Crippen LogP contribution in [0.3, 0.4) is 0 Å². The number of rotatable bonds is 9. The van der Waals surface area contributed by atoms with Crippen LogP contribution in [0.2, 0.25) is 12.6 Å².